The molecule has 3 amide bonds. The lowest BCUT2D eigenvalue weighted by Crippen LogP contribution is -2.36. The maximum absolute atomic E-state index is 14.3. The van der Waals surface area contributed by atoms with E-state index < -0.39 is 23.6 Å². The Morgan fingerprint density at radius 3 is 2.31 bits per heavy atom. The van der Waals surface area contributed by atoms with E-state index >= 15 is 0 Å². The number of halogens is 1. The third-order valence-electron chi connectivity index (χ3n) is 4.81. The highest BCUT2D eigenvalue weighted by Gasteiger charge is 2.34. The summed E-state index contributed by atoms with van der Waals surface area (Å²) in [5.41, 5.74) is 1.74. The fraction of sp³-hybridized carbons (Fsp3) is 0.130. The molecule has 1 heterocycles. The van der Waals surface area contributed by atoms with Gasteiger partial charge in [-0.15, -0.1) is 0 Å². The molecule has 32 heavy (non-hydrogen) atoms. The number of carbonyl (C=O) groups is 4. The van der Waals surface area contributed by atoms with Gasteiger partial charge in [-0.1, -0.05) is 25.3 Å². The van der Waals surface area contributed by atoms with Crippen LogP contribution in [0.2, 0.25) is 0 Å². The molecule has 0 saturated carbocycles. The van der Waals surface area contributed by atoms with E-state index in [1.54, 1.807) is 24.3 Å². The number of benzene rings is 2. The first-order chi connectivity index (χ1) is 15.1. The number of methoxy groups -OCH3 is 1. The Morgan fingerprint density at radius 1 is 1.09 bits per heavy atom. The number of fused-ring (bicyclic) bond motifs is 1. The highest BCUT2D eigenvalue weighted by molar-refractivity contribution is 6.08. The molecule has 0 atom stereocenters. The quantitative estimate of drug-likeness (QED) is 0.534. The van der Waals surface area contributed by atoms with Crippen LogP contribution >= 0.6 is 0 Å². The van der Waals surface area contributed by atoms with Gasteiger partial charge in [0.15, 0.2) is 0 Å². The van der Waals surface area contributed by atoms with Crippen LogP contribution < -0.4 is 10.6 Å². The number of nitrogens with one attached hydrogen (secondary N) is 2. The van der Waals surface area contributed by atoms with E-state index in [4.69, 9.17) is 0 Å². The Balaban J connectivity index is 1.89. The second-order valence-electron chi connectivity index (χ2n) is 7.00. The van der Waals surface area contributed by atoms with Crippen molar-refractivity contribution >= 4 is 29.4 Å². The van der Waals surface area contributed by atoms with Gasteiger partial charge in [0, 0.05) is 18.2 Å². The van der Waals surface area contributed by atoms with E-state index in [0.717, 1.165) is 18.1 Å². The summed E-state index contributed by atoms with van der Waals surface area (Å²) in [5.74, 6) is -3.09. The summed E-state index contributed by atoms with van der Waals surface area (Å²) in [4.78, 5) is 49.1. The van der Waals surface area contributed by atoms with Gasteiger partial charge < -0.3 is 15.4 Å². The molecule has 0 spiro atoms. The fourth-order valence-corrected chi connectivity index (χ4v) is 3.29. The number of hydrogen-bond donors (Lipinski definition) is 2. The van der Waals surface area contributed by atoms with Crippen LogP contribution in [0.1, 0.15) is 22.8 Å². The Hall–Kier alpha value is -4.27. The van der Waals surface area contributed by atoms with Crippen LogP contribution in [0.3, 0.4) is 0 Å². The standard InChI is InChI=1S/C23H20FN3O5/c1-12(23(31)32-4)25-21(29)13(2)27-11-20-18(9-16(24)10-19(20)22(27)30)15-5-7-17(8-6-15)26-14(3)28/h5-10H,1-2,11H2,3-4H3,(H,25,29)(H,26,28). The van der Waals surface area contributed by atoms with Gasteiger partial charge in [-0.2, -0.15) is 0 Å². The van der Waals surface area contributed by atoms with Crippen LogP contribution in [0, 0.1) is 5.82 Å². The van der Waals surface area contributed by atoms with Crippen molar-refractivity contribution in [2.45, 2.75) is 13.5 Å². The van der Waals surface area contributed by atoms with Crippen molar-refractivity contribution in [1.29, 1.82) is 0 Å². The number of ether oxygens (including phenoxy) is 1. The lowest BCUT2D eigenvalue weighted by Gasteiger charge is -2.18. The molecular weight excluding hydrogens is 417 g/mol. The number of rotatable bonds is 6. The third-order valence-corrected chi connectivity index (χ3v) is 4.81. The summed E-state index contributed by atoms with van der Waals surface area (Å²) >= 11 is 0. The summed E-state index contributed by atoms with van der Waals surface area (Å²) in [5, 5.41) is 4.87. The van der Waals surface area contributed by atoms with Crippen molar-refractivity contribution in [3.8, 4) is 11.1 Å². The van der Waals surface area contributed by atoms with Crippen molar-refractivity contribution in [3.05, 3.63) is 77.9 Å². The van der Waals surface area contributed by atoms with Crippen LogP contribution in [0.4, 0.5) is 10.1 Å². The smallest absolute Gasteiger partial charge is 0.353 e. The van der Waals surface area contributed by atoms with Gasteiger partial charge in [0.25, 0.3) is 11.8 Å². The van der Waals surface area contributed by atoms with Gasteiger partial charge in [-0.3, -0.25) is 19.3 Å². The molecule has 8 nitrogen and oxygen atoms in total. The molecule has 1 aliphatic rings. The zero-order valence-electron chi connectivity index (χ0n) is 17.5. The number of nitrogens with zero attached hydrogens (tertiary/aromatic N) is 1. The molecule has 1 aliphatic heterocycles. The predicted octanol–water partition coefficient (Wildman–Crippen LogP) is 2.72. The first-order valence-electron chi connectivity index (χ1n) is 9.42. The number of hydrogen-bond acceptors (Lipinski definition) is 5. The number of amides is 3. The van der Waals surface area contributed by atoms with Crippen molar-refractivity contribution < 1.29 is 28.3 Å². The minimum Gasteiger partial charge on any atom is -0.464 e. The summed E-state index contributed by atoms with van der Waals surface area (Å²) < 4.78 is 18.8. The Kier molecular flexibility index (Phi) is 6.20. The largest absolute Gasteiger partial charge is 0.464 e. The van der Waals surface area contributed by atoms with Crippen molar-refractivity contribution in [2.75, 3.05) is 12.4 Å². The zero-order valence-corrected chi connectivity index (χ0v) is 17.5. The van der Waals surface area contributed by atoms with Crippen LogP contribution in [0.25, 0.3) is 11.1 Å². The summed E-state index contributed by atoms with van der Waals surface area (Å²) in [6.45, 7) is 8.40. The number of carbonyl (C=O) groups excluding carboxylic acids is 4. The molecule has 0 aromatic heterocycles. The van der Waals surface area contributed by atoms with Gasteiger partial charge in [0.2, 0.25) is 5.91 Å². The molecule has 0 fully saturated rings. The average Bonchev–Trinajstić information content (AvgIpc) is 3.08. The Labute approximate surface area is 183 Å². The lowest BCUT2D eigenvalue weighted by atomic mass is 9.96. The van der Waals surface area contributed by atoms with Crippen LogP contribution in [0.5, 0.6) is 0 Å². The molecule has 0 aliphatic carbocycles. The molecule has 2 N–H and O–H groups in total. The monoisotopic (exact) mass is 437 g/mol. The topological polar surface area (TPSA) is 105 Å². The van der Waals surface area contributed by atoms with E-state index in [9.17, 15) is 23.6 Å². The average molecular weight is 437 g/mol. The molecular formula is C23H20FN3O5. The number of esters is 1. The fourth-order valence-electron chi connectivity index (χ4n) is 3.29. The molecule has 0 unspecified atom stereocenters. The van der Waals surface area contributed by atoms with E-state index in [2.05, 4.69) is 28.5 Å². The second-order valence-corrected chi connectivity index (χ2v) is 7.00. The zero-order chi connectivity index (χ0) is 23.6. The van der Waals surface area contributed by atoms with Gasteiger partial charge >= 0.3 is 5.97 Å². The molecule has 0 saturated heterocycles. The van der Waals surface area contributed by atoms with Crippen LogP contribution in [0.15, 0.2) is 61.0 Å². The molecule has 9 heteroatoms. The number of anilines is 1. The van der Waals surface area contributed by atoms with Gasteiger partial charge in [-0.25, -0.2) is 9.18 Å². The van der Waals surface area contributed by atoms with Crippen LogP contribution in [-0.4, -0.2) is 35.7 Å². The minimum atomic E-state index is -0.839. The van der Waals surface area contributed by atoms with Crippen molar-refractivity contribution in [1.82, 2.24) is 10.2 Å². The molecule has 0 radical (unpaired) electrons. The highest BCUT2D eigenvalue weighted by atomic mass is 19.1. The van der Waals surface area contributed by atoms with E-state index in [1.165, 1.54) is 13.0 Å². The molecule has 164 valence electrons. The maximum atomic E-state index is 14.3. The van der Waals surface area contributed by atoms with Gasteiger partial charge in [-0.05, 0) is 41.0 Å². The molecule has 2 aromatic rings. The second kappa shape index (κ2) is 8.84. The van der Waals surface area contributed by atoms with Crippen molar-refractivity contribution in [2.24, 2.45) is 0 Å². The van der Waals surface area contributed by atoms with Gasteiger partial charge in [0.05, 0.1) is 13.7 Å². The van der Waals surface area contributed by atoms with Gasteiger partial charge in [0.1, 0.15) is 17.2 Å². The molecule has 0 bridgehead atoms. The highest BCUT2D eigenvalue weighted by Crippen LogP contribution is 2.35. The lowest BCUT2D eigenvalue weighted by molar-refractivity contribution is -0.137. The summed E-state index contributed by atoms with van der Waals surface area (Å²) in [6.07, 6.45) is 0. The minimum absolute atomic E-state index is 0.0197. The first-order valence-corrected chi connectivity index (χ1v) is 9.42. The van der Waals surface area contributed by atoms with E-state index in [0.29, 0.717) is 22.4 Å². The molecule has 2 aromatic carbocycles. The third kappa shape index (κ3) is 4.41. The SMILES string of the molecule is C=C(NC(=O)C(=C)N1Cc2c(cc(F)cc2-c2ccc(NC(C)=O)cc2)C1=O)C(=O)OC. The van der Waals surface area contributed by atoms with E-state index in [-0.39, 0.29) is 29.4 Å². The van der Waals surface area contributed by atoms with E-state index in [1.807, 2.05) is 0 Å². The first kappa shape index (κ1) is 22.4. The summed E-state index contributed by atoms with van der Waals surface area (Å²) in [7, 11) is 1.13. The maximum Gasteiger partial charge on any atom is 0.353 e. The Morgan fingerprint density at radius 2 is 1.72 bits per heavy atom. The Bertz CT molecular complexity index is 1170. The molecule has 3 rings (SSSR count). The predicted molar refractivity (Wildman–Crippen MR) is 114 cm³/mol. The summed E-state index contributed by atoms with van der Waals surface area (Å²) in [6, 6.07) is 9.10. The normalized spacial score (nSPS) is 12.1. The van der Waals surface area contributed by atoms with Crippen LogP contribution in [-0.2, 0) is 25.7 Å². The van der Waals surface area contributed by atoms with Crippen molar-refractivity contribution in [3.63, 3.8) is 0 Å².